The van der Waals surface area contributed by atoms with Gasteiger partial charge in [-0.25, -0.2) is 4.79 Å². The number of anilines is 1. The van der Waals surface area contributed by atoms with Crippen LogP contribution in [0.15, 0.2) is 36.0 Å². The zero-order chi connectivity index (χ0) is 21.5. The summed E-state index contributed by atoms with van der Waals surface area (Å²) < 4.78 is 5.21. The van der Waals surface area contributed by atoms with Crippen LogP contribution in [0.3, 0.4) is 0 Å². The topological polar surface area (TPSA) is 129 Å². The number of hydrogen-bond acceptors (Lipinski definition) is 6. The van der Waals surface area contributed by atoms with Gasteiger partial charge in [-0.2, -0.15) is 5.26 Å². The van der Waals surface area contributed by atoms with Crippen molar-refractivity contribution in [2.75, 3.05) is 18.5 Å². The summed E-state index contributed by atoms with van der Waals surface area (Å²) in [5.74, 6) is -1.86. The van der Waals surface area contributed by atoms with Gasteiger partial charge in [0.05, 0.1) is 17.9 Å². The van der Waals surface area contributed by atoms with Crippen molar-refractivity contribution < 1.29 is 24.2 Å². The van der Waals surface area contributed by atoms with E-state index in [2.05, 4.69) is 10.6 Å². The lowest BCUT2D eigenvalue weighted by Crippen LogP contribution is -2.26. The number of carboxylic acids is 1. The number of nitrogens with one attached hydrogen (secondary N) is 2. The molecule has 1 aromatic carbocycles. The van der Waals surface area contributed by atoms with Gasteiger partial charge in [-0.15, -0.1) is 0 Å². The van der Waals surface area contributed by atoms with Crippen LogP contribution in [0.25, 0.3) is 0 Å². The third-order valence-electron chi connectivity index (χ3n) is 3.97. The minimum absolute atomic E-state index is 0.0987. The van der Waals surface area contributed by atoms with Crippen molar-refractivity contribution >= 4 is 23.5 Å². The maximum atomic E-state index is 12.2. The number of carboxylic acid groups (broad SMARTS) is 1. The van der Waals surface area contributed by atoms with E-state index in [1.54, 1.807) is 24.3 Å². The molecule has 3 N–H and O–H groups in total. The highest BCUT2D eigenvalue weighted by Crippen LogP contribution is 2.17. The van der Waals surface area contributed by atoms with Crippen LogP contribution in [0.4, 0.5) is 5.69 Å². The normalized spacial score (nSPS) is 10.7. The molecule has 8 heteroatoms. The predicted octanol–water partition coefficient (Wildman–Crippen LogP) is 3.22. The van der Waals surface area contributed by atoms with E-state index in [9.17, 15) is 19.6 Å². The standard InChI is InChI=1S/C21H27N3O5/c1-2-3-13-29-21(28)17-9-6-7-10-18(17)24-15-16(14-22)20(27)23-12-8-4-5-11-19(25)26/h6-7,9-10,15,24H,2-5,8,11-13H2,1H3,(H,23,27)(H,25,26)/b16-15-. The Labute approximate surface area is 170 Å². The number of para-hydroxylation sites is 1. The number of unbranched alkanes of at least 4 members (excludes halogenated alkanes) is 3. The SMILES string of the molecule is CCCCOC(=O)c1ccccc1N/C=C(/C#N)C(=O)NCCCCCC(=O)O. The Balaban J connectivity index is 2.61. The fraction of sp³-hybridized carbons (Fsp3) is 0.429. The van der Waals surface area contributed by atoms with Gasteiger partial charge in [0.2, 0.25) is 0 Å². The number of ether oxygens (including phenoxy) is 1. The van der Waals surface area contributed by atoms with E-state index < -0.39 is 17.8 Å². The fourth-order valence-corrected chi connectivity index (χ4v) is 2.35. The Bertz CT molecular complexity index is 768. The molecule has 0 unspecified atom stereocenters. The van der Waals surface area contributed by atoms with Crippen LogP contribution < -0.4 is 10.6 Å². The molecule has 0 aromatic heterocycles. The van der Waals surface area contributed by atoms with Gasteiger partial charge >= 0.3 is 11.9 Å². The largest absolute Gasteiger partial charge is 0.481 e. The Kier molecular flexibility index (Phi) is 11.3. The Morgan fingerprint density at radius 2 is 1.93 bits per heavy atom. The summed E-state index contributed by atoms with van der Waals surface area (Å²) in [6, 6.07) is 8.51. The number of nitriles is 1. The van der Waals surface area contributed by atoms with Crippen molar-refractivity contribution in [3.05, 3.63) is 41.6 Å². The van der Waals surface area contributed by atoms with Crippen molar-refractivity contribution in [2.45, 2.75) is 45.4 Å². The second-order valence-corrected chi connectivity index (χ2v) is 6.31. The highest BCUT2D eigenvalue weighted by molar-refractivity contribution is 5.98. The molecule has 1 amide bonds. The van der Waals surface area contributed by atoms with E-state index in [1.807, 2.05) is 13.0 Å². The van der Waals surface area contributed by atoms with Gasteiger partial charge in [0.1, 0.15) is 11.6 Å². The molecule has 0 spiro atoms. The Morgan fingerprint density at radius 1 is 1.17 bits per heavy atom. The molecule has 0 saturated carbocycles. The molecule has 1 rings (SSSR count). The molecule has 0 aliphatic carbocycles. The summed E-state index contributed by atoms with van der Waals surface area (Å²) in [6.45, 7) is 2.67. The number of esters is 1. The predicted molar refractivity (Wildman–Crippen MR) is 108 cm³/mol. The molecule has 0 atom stereocenters. The molecule has 0 aliphatic heterocycles. The van der Waals surface area contributed by atoms with Crippen molar-refractivity contribution in [3.8, 4) is 6.07 Å². The van der Waals surface area contributed by atoms with Crippen molar-refractivity contribution in [3.63, 3.8) is 0 Å². The van der Waals surface area contributed by atoms with Crippen LogP contribution in [0, 0.1) is 11.3 Å². The van der Waals surface area contributed by atoms with Crippen LogP contribution in [-0.4, -0.2) is 36.1 Å². The lowest BCUT2D eigenvalue weighted by molar-refractivity contribution is -0.137. The number of carbonyl (C=O) groups excluding carboxylic acids is 2. The fourth-order valence-electron chi connectivity index (χ4n) is 2.35. The molecule has 0 heterocycles. The van der Waals surface area contributed by atoms with E-state index in [4.69, 9.17) is 9.84 Å². The van der Waals surface area contributed by atoms with Crippen LogP contribution in [0.5, 0.6) is 0 Å². The quantitative estimate of drug-likeness (QED) is 0.200. The number of benzene rings is 1. The highest BCUT2D eigenvalue weighted by Gasteiger charge is 2.13. The molecule has 0 bridgehead atoms. The Hall–Kier alpha value is -3.34. The summed E-state index contributed by atoms with van der Waals surface area (Å²) in [5.41, 5.74) is 0.615. The van der Waals surface area contributed by atoms with E-state index in [-0.39, 0.29) is 12.0 Å². The number of carbonyl (C=O) groups is 3. The summed E-state index contributed by atoms with van der Waals surface area (Å²) in [4.78, 5) is 34.7. The van der Waals surface area contributed by atoms with Crippen LogP contribution >= 0.6 is 0 Å². The maximum Gasteiger partial charge on any atom is 0.340 e. The van der Waals surface area contributed by atoms with E-state index >= 15 is 0 Å². The van der Waals surface area contributed by atoms with Crippen molar-refractivity contribution in [1.82, 2.24) is 5.32 Å². The van der Waals surface area contributed by atoms with E-state index in [0.29, 0.717) is 43.7 Å². The van der Waals surface area contributed by atoms with Gasteiger partial charge < -0.3 is 20.5 Å². The molecular formula is C21H27N3O5. The smallest absolute Gasteiger partial charge is 0.340 e. The number of hydrogen-bond donors (Lipinski definition) is 3. The van der Waals surface area contributed by atoms with Crippen molar-refractivity contribution in [2.24, 2.45) is 0 Å². The monoisotopic (exact) mass is 401 g/mol. The molecule has 0 aliphatic rings. The van der Waals surface area contributed by atoms with E-state index in [0.717, 1.165) is 12.8 Å². The first kappa shape index (κ1) is 23.7. The average Bonchev–Trinajstić information content (AvgIpc) is 2.71. The zero-order valence-corrected chi connectivity index (χ0v) is 16.6. The number of rotatable bonds is 13. The molecule has 0 radical (unpaired) electrons. The summed E-state index contributed by atoms with van der Waals surface area (Å²) in [5, 5.41) is 23.2. The van der Waals surface area contributed by atoms with Crippen LogP contribution in [0.1, 0.15) is 55.8 Å². The minimum atomic E-state index is -0.843. The molecule has 1 aromatic rings. The first-order valence-corrected chi connectivity index (χ1v) is 9.62. The van der Waals surface area contributed by atoms with Gasteiger partial charge in [-0.05, 0) is 31.4 Å². The third-order valence-corrected chi connectivity index (χ3v) is 3.97. The lowest BCUT2D eigenvalue weighted by Gasteiger charge is -2.10. The second kappa shape index (κ2) is 13.8. The van der Waals surface area contributed by atoms with Crippen LogP contribution in [-0.2, 0) is 14.3 Å². The van der Waals surface area contributed by atoms with Crippen LogP contribution in [0.2, 0.25) is 0 Å². The molecule has 29 heavy (non-hydrogen) atoms. The molecule has 0 saturated heterocycles. The first-order valence-electron chi connectivity index (χ1n) is 9.62. The van der Waals surface area contributed by atoms with Gasteiger partial charge in [-0.1, -0.05) is 31.9 Å². The number of nitrogens with zero attached hydrogens (tertiary/aromatic N) is 1. The second-order valence-electron chi connectivity index (χ2n) is 6.31. The molecule has 8 nitrogen and oxygen atoms in total. The van der Waals surface area contributed by atoms with Gasteiger partial charge in [0.15, 0.2) is 0 Å². The summed E-state index contributed by atoms with van der Waals surface area (Å²) in [7, 11) is 0. The van der Waals surface area contributed by atoms with Gasteiger partial charge in [-0.3, -0.25) is 9.59 Å². The summed E-state index contributed by atoms with van der Waals surface area (Å²) in [6.07, 6.45) is 4.87. The summed E-state index contributed by atoms with van der Waals surface area (Å²) >= 11 is 0. The molecular weight excluding hydrogens is 374 g/mol. The van der Waals surface area contributed by atoms with Crippen molar-refractivity contribution in [1.29, 1.82) is 5.26 Å². The molecule has 156 valence electrons. The zero-order valence-electron chi connectivity index (χ0n) is 16.6. The minimum Gasteiger partial charge on any atom is -0.481 e. The number of aliphatic carboxylic acids is 1. The van der Waals surface area contributed by atoms with Gasteiger partial charge in [0.25, 0.3) is 5.91 Å². The Morgan fingerprint density at radius 3 is 2.62 bits per heavy atom. The van der Waals surface area contributed by atoms with Gasteiger partial charge in [0, 0.05) is 19.2 Å². The van der Waals surface area contributed by atoms with E-state index in [1.165, 1.54) is 6.20 Å². The number of amides is 1. The first-order chi connectivity index (χ1) is 14.0. The third kappa shape index (κ3) is 9.42. The highest BCUT2D eigenvalue weighted by atomic mass is 16.5. The molecule has 0 fully saturated rings. The lowest BCUT2D eigenvalue weighted by atomic mass is 10.1. The average molecular weight is 401 g/mol. The maximum absolute atomic E-state index is 12.2.